The molecule has 108 valence electrons. The van der Waals surface area contributed by atoms with Gasteiger partial charge in [-0.25, -0.2) is 8.42 Å². The molecule has 1 aromatic heterocycles. The van der Waals surface area contributed by atoms with Crippen LogP contribution in [-0.2, 0) is 16.4 Å². The number of nitrogens with one attached hydrogen (secondary N) is 1. The summed E-state index contributed by atoms with van der Waals surface area (Å²) in [6.45, 7) is 5.29. The van der Waals surface area contributed by atoms with Crippen LogP contribution in [0.3, 0.4) is 0 Å². The third kappa shape index (κ3) is 3.01. The fraction of sp³-hybridized carbons (Fsp3) is 0.357. The van der Waals surface area contributed by atoms with Crippen LogP contribution in [-0.4, -0.2) is 13.6 Å². The van der Waals surface area contributed by atoms with E-state index in [0.717, 1.165) is 12.8 Å². The summed E-state index contributed by atoms with van der Waals surface area (Å²) in [7, 11) is -3.66. The molecule has 20 heavy (non-hydrogen) atoms. The molecule has 5 nitrogen and oxygen atoms in total. The van der Waals surface area contributed by atoms with Crippen molar-refractivity contribution in [1.82, 2.24) is 5.16 Å². The van der Waals surface area contributed by atoms with Crippen LogP contribution >= 0.6 is 0 Å². The van der Waals surface area contributed by atoms with E-state index in [1.165, 1.54) is 5.56 Å². The number of hydrogen-bond acceptors (Lipinski definition) is 4. The van der Waals surface area contributed by atoms with E-state index in [-0.39, 0.29) is 10.7 Å². The SMILES string of the molecule is CCCc1ccc(NS(=O)(=O)c2c(C)noc2C)cc1. The molecule has 0 aliphatic carbocycles. The zero-order chi connectivity index (χ0) is 14.8. The van der Waals surface area contributed by atoms with Gasteiger partial charge in [0.2, 0.25) is 0 Å². The lowest BCUT2D eigenvalue weighted by Gasteiger charge is -2.08. The number of nitrogens with zero attached hydrogens (tertiary/aromatic N) is 1. The first-order valence-corrected chi connectivity index (χ1v) is 7.97. The monoisotopic (exact) mass is 294 g/mol. The summed E-state index contributed by atoms with van der Waals surface area (Å²) in [6.07, 6.45) is 2.04. The molecule has 0 unspecified atom stereocenters. The van der Waals surface area contributed by atoms with Crippen molar-refractivity contribution in [2.45, 2.75) is 38.5 Å². The van der Waals surface area contributed by atoms with Crippen molar-refractivity contribution in [2.75, 3.05) is 4.72 Å². The minimum Gasteiger partial charge on any atom is -0.360 e. The molecule has 2 rings (SSSR count). The Hall–Kier alpha value is -1.82. The molecule has 0 spiro atoms. The Morgan fingerprint density at radius 2 is 1.85 bits per heavy atom. The predicted molar refractivity (Wildman–Crippen MR) is 77.2 cm³/mol. The Balaban J connectivity index is 2.24. The summed E-state index contributed by atoms with van der Waals surface area (Å²) in [6, 6.07) is 7.38. The van der Waals surface area contributed by atoms with Crippen molar-refractivity contribution in [3.63, 3.8) is 0 Å². The summed E-state index contributed by atoms with van der Waals surface area (Å²) >= 11 is 0. The Morgan fingerprint density at radius 1 is 1.20 bits per heavy atom. The molecule has 6 heteroatoms. The van der Waals surface area contributed by atoms with Crippen molar-refractivity contribution >= 4 is 15.7 Å². The van der Waals surface area contributed by atoms with E-state index in [0.29, 0.717) is 11.4 Å². The van der Waals surface area contributed by atoms with Crippen molar-refractivity contribution in [3.8, 4) is 0 Å². The highest BCUT2D eigenvalue weighted by atomic mass is 32.2. The smallest absolute Gasteiger partial charge is 0.267 e. The Labute approximate surface area is 119 Å². The van der Waals surface area contributed by atoms with Crippen LogP contribution in [0.4, 0.5) is 5.69 Å². The molecule has 0 aliphatic rings. The van der Waals surface area contributed by atoms with Crippen LogP contribution < -0.4 is 4.72 Å². The maximum atomic E-state index is 12.3. The molecule has 1 heterocycles. The average molecular weight is 294 g/mol. The fourth-order valence-corrected chi connectivity index (χ4v) is 3.48. The molecule has 0 amide bonds. The van der Waals surface area contributed by atoms with E-state index < -0.39 is 10.0 Å². The van der Waals surface area contributed by atoms with Gasteiger partial charge in [-0.15, -0.1) is 0 Å². The number of sulfonamides is 1. The van der Waals surface area contributed by atoms with E-state index >= 15 is 0 Å². The van der Waals surface area contributed by atoms with E-state index in [4.69, 9.17) is 4.52 Å². The predicted octanol–water partition coefficient (Wildman–Crippen LogP) is 3.04. The van der Waals surface area contributed by atoms with Gasteiger partial charge in [0.05, 0.1) is 0 Å². The third-order valence-corrected chi connectivity index (χ3v) is 4.61. The molecule has 0 saturated carbocycles. The summed E-state index contributed by atoms with van der Waals surface area (Å²) in [5, 5.41) is 3.67. The average Bonchev–Trinajstić information content (AvgIpc) is 2.72. The first-order valence-electron chi connectivity index (χ1n) is 6.48. The third-order valence-electron chi connectivity index (χ3n) is 2.98. The second kappa shape index (κ2) is 5.66. The maximum absolute atomic E-state index is 12.3. The van der Waals surface area contributed by atoms with Gasteiger partial charge in [-0.2, -0.15) is 0 Å². The van der Waals surface area contributed by atoms with E-state index in [1.807, 2.05) is 12.1 Å². The van der Waals surface area contributed by atoms with Crippen LogP contribution in [0.25, 0.3) is 0 Å². The van der Waals surface area contributed by atoms with Gasteiger partial charge in [0.1, 0.15) is 5.69 Å². The zero-order valence-corrected chi connectivity index (χ0v) is 12.6. The summed E-state index contributed by atoms with van der Waals surface area (Å²) in [5.41, 5.74) is 2.08. The number of anilines is 1. The van der Waals surface area contributed by atoms with Gasteiger partial charge in [0, 0.05) is 5.69 Å². The highest BCUT2D eigenvalue weighted by molar-refractivity contribution is 7.92. The second-order valence-electron chi connectivity index (χ2n) is 4.71. The number of aromatic nitrogens is 1. The topological polar surface area (TPSA) is 72.2 Å². The molecule has 1 aromatic carbocycles. The number of aryl methyl sites for hydroxylation is 3. The molecule has 0 aliphatic heterocycles. The van der Waals surface area contributed by atoms with Crippen LogP contribution in [0, 0.1) is 13.8 Å². The molecule has 0 atom stereocenters. The summed E-state index contributed by atoms with van der Waals surface area (Å²) in [4.78, 5) is 0.107. The lowest BCUT2D eigenvalue weighted by Crippen LogP contribution is -2.14. The lowest BCUT2D eigenvalue weighted by molar-refractivity contribution is 0.390. The molecular formula is C14H18N2O3S. The van der Waals surface area contributed by atoms with Crippen molar-refractivity contribution in [2.24, 2.45) is 0 Å². The molecule has 0 fully saturated rings. The quantitative estimate of drug-likeness (QED) is 0.920. The van der Waals surface area contributed by atoms with Gasteiger partial charge in [-0.05, 0) is 38.0 Å². The minimum atomic E-state index is -3.66. The summed E-state index contributed by atoms with van der Waals surface area (Å²) in [5.74, 6) is 0.289. The maximum Gasteiger partial charge on any atom is 0.267 e. The standard InChI is InChI=1S/C14H18N2O3S/c1-4-5-12-6-8-13(9-7-12)16-20(17,18)14-10(2)15-19-11(14)3/h6-9,16H,4-5H2,1-3H3. The molecular weight excluding hydrogens is 276 g/mol. The normalized spacial score (nSPS) is 11.6. The van der Waals surface area contributed by atoms with E-state index in [1.54, 1.807) is 26.0 Å². The van der Waals surface area contributed by atoms with Crippen molar-refractivity contribution in [3.05, 3.63) is 41.3 Å². The van der Waals surface area contributed by atoms with Crippen LogP contribution in [0.1, 0.15) is 30.4 Å². The van der Waals surface area contributed by atoms with Gasteiger partial charge in [0.25, 0.3) is 10.0 Å². The number of hydrogen-bond donors (Lipinski definition) is 1. The van der Waals surface area contributed by atoms with Crippen molar-refractivity contribution in [1.29, 1.82) is 0 Å². The molecule has 0 radical (unpaired) electrons. The van der Waals surface area contributed by atoms with Crippen LogP contribution in [0.15, 0.2) is 33.7 Å². The molecule has 2 aromatic rings. The van der Waals surface area contributed by atoms with E-state index in [9.17, 15) is 8.42 Å². The largest absolute Gasteiger partial charge is 0.360 e. The highest BCUT2D eigenvalue weighted by Crippen LogP contribution is 2.22. The molecule has 1 N–H and O–H groups in total. The van der Waals surface area contributed by atoms with Gasteiger partial charge in [0.15, 0.2) is 10.7 Å². The summed E-state index contributed by atoms with van der Waals surface area (Å²) < 4.78 is 32.1. The Morgan fingerprint density at radius 3 is 2.35 bits per heavy atom. The van der Waals surface area contributed by atoms with Gasteiger partial charge < -0.3 is 4.52 Å². The first-order chi connectivity index (χ1) is 9.44. The lowest BCUT2D eigenvalue weighted by atomic mass is 10.1. The van der Waals surface area contributed by atoms with Crippen LogP contribution in [0.5, 0.6) is 0 Å². The Bertz CT molecular complexity index is 668. The minimum absolute atomic E-state index is 0.107. The second-order valence-corrected chi connectivity index (χ2v) is 6.32. The van der Waals surface area contributed by atoms with Crippen molar-refractivity contribution < 1.29 is 12.9 Å². The van der Waals surface area contributed by atoms with E-state index in [2.05, 4.69) is 16.8 Å². The van der Waals surface area contributed by atoms with Gasteiger partial charge >= 0.3 is 0 Å². The number of benzene rings is 1. The fourth-order valence-electron chi connectivity index (χ4n) is 2.09. The van der Waals surface area contributed by atoms with Gasteiger partial charge in [-0.3, -0.25) is 4.72 Å². The zero-order valence-electron chi connectivity index (χ0n) is 11.8. The van der Waals surface area contributed by atoms with Crippen LogP contribution in [0.2, 0.25) is 0 Å². The molecule has 0 bridgehead atoms. The Kier molecular flexibility index (Phi) is 4.13. The first kappa shape index (κ1) is 14.6. The highest BCUT2D eigenvalue weighted by Gasteiger charge is 2.24. The number of rotatable bonds is 5. The van der Waals surface area contributed by atoms with Gasteiger partial charge in [-0.1, -0.05) is 30.6 Å². The molecule has 0 saturated heterocycles.